The minimum absolute atomic E-state index is 0.0437. The minimum Gasteiger partial charge on any atom is -0.483 e. The van der Waals surface area contributed by atoms with Crippen LogP contribution in [0.2, 0.25) is 0 Å². The summed E-state index contributed by atoms with van der Waals surface area (Å²) in [6, 6.07) is 5.83. The van der Waals surface area contributed by atoms with E-state index in [0.29, 0.717) is 18.1 Å². The Hall–Kier alpha value is -1.56. The van der Waals surface area contributed by atoms with Crippen molar-refractivity contribution in [3.63, 3.8) is 0 Å². The van der Waals surface area contributed by atoms with Crippen molar-refractivity contribution < 1.29 is 14.3 Å². The van der Waals surface area contributed by atoms with Gasteiger partial charge >= 0.3 is 0 Å². The normalized spacial score (nSPS) is 15.0. The highest BCUT2D eigenvalue weighted by Gasteiger charge is 2.19. The third-order valence-corrected chi connectivity index (χ3v) is 5.07. The van der Waals surface area contributed by atoms with Gasteiger partial charge in [0.15, 0.2) is 6.61 Å². The van der Waals surface area contributed by atoms with Crippen molar-refractivity contribution >= 4 is 27.7 Å². The van der Waals surface area contributed by atoms with Crippen molar-refractivity contribution in [1.82, 2.24) is 10.9 Å². The molecular weight excluding hydrogens is 384 g/mol. The number of nitrogens with one attached hydrogen (secondary N) is 2. The molecule has 0 heterocycles. The largest absolute Gasteiger partial charge is 0.483 e. The molecule has 1 aliphatic carbocycles. The van der Waals surface area contributed by atoms with E-state index in [-0.39, 0.29) is 23.8 Å². The number of benzene rings is 1. The second-order valence-electron chi connectivity index (χ2n) is 7.63. The van der Waals surface area contributed by atoms with Crippen molar-refractivity contribution in [2.45, 2.75) is 58.3 Å². The van der Waals surface area contributed by atoms with Crippen molar-refractivity contribution in [2.75, 3.05) is 6.61 Å². The van der Waals surface area contributed by atoms with Gasteiger partial charge in [0.1, 0.15) is 5.75 Å². The van der Waals surface area contributed by atoms with Crippen LogP contribution < -0.4 is 15.6 Å². The summed E-state index contributed by atoms with van der Waals surface area (Å²) in [5.41, 5.74) is 6.08. The number of hydrogen-bond acceptors (Lipinski definition) is 3. The molecule has 0 spiro atoms. The molecule has 0 atom stereocenters. The highest BCUT2D eigenvalue weighted by Crippen LogP contribution is 2.31. The quantitative estimate of drug-likeness (QED) is 0.724. The number of amides is 2. The predicted octanol–water partition coefficient (Wildman–Crippen LogP) is 3.85. The Balaban J connectivity index is 1.75. The van der Waals surface area contributed by atoms with Crippen LogP contribution in [-0.4, -0.2) is 18.4 Å². The average Bonchev–Trinajstić information content (AvgIpc) is 3.03. The van der Waals surface area contributed by atoms with Gasteiger partial charge in [0.25, 0.3) is 5.91 Å². The van der Waals surface area contributed by atoms with Crippen LogP contribution in [0, 0.1) is 5.92 Å². The fraction of sp³-hybridized carbons (Fsp3) is 0.579. The molecule has 1 aromatic rings. The summed E-state index contributed by atoms with van der Waals surface area (Å²) in [6.07, 6.45) is 5.06. The van der Waals surface area contributed by atoms with Crippen molar-refractivity contribution in [2.24, 2.45) is 5.92 Å². The van der Waals surface area contributed by atoms with E-state index in [1.54, 1.807) is 0 Å². The second-order valence-corrected chi connectivity index (χ2v) is 8.49. The first-order chi connectivity index (χ1) is 11.8. The van der Waals surface area contributed by atoms with Crippen LogP contribution in [0.3, 0.4) is 0 Å². The van der Waals surface area contributed by atoms with E-state index in [1.165, 1.54) is 18.4 Å². The Morgan fingerprint density at radius 3 is 2.40 bits per heavy atom. The fourth-order valence-electron chi connectivity index (χ4n) is 2.93. The Morgan fingerprint density at radius 1 is 1.16 bits per heavy atom. The number of rotatable bonds is 5. The van der Waals surface area contributed by atoms with Crippen LogP contribution in [0.1, 0.15) is 58.4 Å². The van der Waals surface area contributed by atoms with Crippen LogP contribution >= 0.6 is 15.9 Å². The molecular formula is C19H27BrN2O3. The average molecular weight is 411 g/mol. The van der Waals surface area contributed by atoms with Crippen molar-refractivity contribution in [1.29, 1.82) is 0 Å². The van der Waals surface area contributed by atoms with Gasteiger partial charge in [0.05, 0.1) is 4.47 Å². The lowest BCUT2D eigenvalue weighted by Gasteiger charge is -2.20. The maximum atomic E-state index is 11.8. The fourth-order valence-corrected chi connectivity index (χ4v) is 3.42. The first-order valence-electron chi connectivity index (χ1n) is 8.76. The maximum absolute atomic E-state index is 11.8. The van der Waals surface area contributed by atoms with Gasteiger partial charge in [-0.3, -0.25) is 20.4 Å². The third kappa shape index (κ3) is 6.34. The monoisotopic (exact) mass is 410 g/mol. The van der Waals surface area contributed by atoms with Gasteiger partial charge in [-0.15, -0.1) is 0 Å². The molecule has 2 amide bonds. The second kappa shape index (κ2) is 8.70. The lowest BCUT2D eigenvalue weighted by molar-refractivity contribution is -0.130. The van der Waals surface area contributed by atoms with E-state index in [1.807, 2.05) is 18.2 Å². The first-order valence-corrected chi connectivity index (χ1v) is 9.55. The van der Waals surface area contributed by atoms with Crippen LogP contribution in [0.5, 0.6) is 5.75 Å². The van der Waals surface area contributed by atoms with E-state index < -0.39 is 0 Å². The summed E-state index contributed by atoms with van der Waals surface area (Å²) in [5, 5.41) is 0. The number of ether oxygens (including phenoxy) is 1. The van der Waals surface area contributed by atoms with E-state index in [2.05, 4.69) is 47.6 Å². The molecule has 0 aliphatic heterocycles. The molecule has 1 aliphatic rings. The van der Waals surface area contributed by atoms with Gasteiger partial charge in [-0.2, -0.15) is 0 Å². The molecule has 0 unspecified atom stereocenters. The van der Waals surface area contributed by atoms with Crippen molar-refractivity contribution in [3.8, 4) is 5.75 Å². The minimum atomic E-state index is -0.383. The summed E-state index contributed by atoms with van der Waals surface area (Å²) < 4.78 is 6.33. The van der Waals surface area contributed by atoms with E-state index in [9.17, 15) is 9.59 Å². The van der Waals surface area contributed by atoms with Crippen LogP contribution in [-0.2, 0) is 15.0 Å². The van der Waals surface area contributed by atoms with Gasteiger partial charge in [0, 0.05) is 6.42 Å². The van der Waals surface area contributed by atoms with E-state index >= 15 is 0 Å². The highest BCUT2D eigenvalue weighted by molar-refractivity contribution is 9.10. The number of halogens is 1. The molecule has 1 aromatic carbocycles. The molecule has 2 N–H and O–H groups in total. The molecule has 138 valence electrons. The van der Waals surface area contributed by atoms with Gasteiger partial charge in [-0.05, 0) is 57.8 Å². The molecule has 0 bridgehead atoms. The van der Waals surface area contributed by atoms with Gasteiger partial charge in [-0.25, -0.2) is 0 Å². The highest BCUT2D eigenvalue weighted by atomic mass is 79.9. The Labute approximate surface area is 158 Å². The molecule has 0 aromatic heterocycles. The first kappa shape index (κ1) is 19.8. The smallest absolute Gasteiger partial charge is 0.276 e. The standard InChI is InChI=1S/C19H27BrN2O3/c1-19(2,3)14-8-9-16(15(20)11-14)25-12-18(24)22-21-17(23)10-13-6-4-5-7-13/h8-9,11,13H,4-7,10,12H2,1-3H3,(H,21,23)(H,22,24). The molecule has 5 nitrogen and oxygen atoms in total. The molecule has 2 rings (SSSR count). The van der Waals surface area contributed by atoms with Gasteiger partial charge < -0.3 is 4.74 Å². The number of carbonyl (C=O) groups is 2. The summed E-state index contributed by atoms with van der Waals surface area (Å²) in [7, 11) is 0. The predicted molar refractivity (Wildman–Crippen MR) is 101 cm³/mol. The number of hydrogen-bond donors (Lipinski definition) is 2. The molecule has 6 heteroatoms. The van der Waals surface area contributed by atoms with Gasteiger partial charge in [-0.1, -0.05) is 39.7 Å². The molecule has 0 saturated heterocycles. The summed E-state index contributed by atoms with van der Waals surface area (Å²) in [6.45, 7) is 6.25. The lowest BCUT2D eigenvalue weighted by atomic mass is 9.87. The number of carbonyl (C=O) groups excluding carboxylic acids is 2. The molecule has 1 saturated carbocycles. The Bertz CT molecular complexity index is 620. The van der Waals surface area contributed by atoms with Gasteiger partial charge in [0.2, 0.25) is 5.91 Å². The van der Waals surface area contributed by atoms with Crippen LogP contribution in [0.15, 0.2) is 22.7 Å². The summed E-state index contributed by atoms with van der Waals surface area (Å²) in [5.74, 6) is 0.522. The zero-order valence-electron chi connectivity index (χ0n) is 15.2. The maximum Gasteiger partial charge on any atom is 0.276 e. The molecule has 25 heavy (non-hydrogen) atoms. The van der Waals surface area contributed by atoms with Crippen LogP contribution in [0.4, 0.5) is 0 Å². The zero-order valence-corrected chi connectivity index (χ0v) is 16.7. The zero-order chi connectivity index (χ0) is 18.4. The Kier molecular flexibility index (Phi) is 6.87. The molecule has 0 radical (unpaired) electrons. The SMILES string of the molecule is CC(C)(C)c1ccc(OCC(=O)NNC(=O)CC2CCCC2)c(Br)c1. The Morgan fingerprint density at radius 2 is 1.80 bits per heavy atom. The molecule has 1 fully saturated rings. The van der Waals surface area contributed by atoms with Crippen molar-refractivity contribution in [3.05, 3.63) is 28.2 Å². The topological polar surface area (TPSA) is 67.4 Å². The summed E-state index contributed by atoms with van der Waals surface area (Å²) in [4.78, 5) is 23.6. The summed E-state index contributed by atoms with van der Waals surface area (Å²) >= 11 is 3.47. The lowest BCUT2D eigenvalue weighted by Crippen LogP contribution is -2.44. The number of hydrazine groups is 1. The van der Waals surface area contributed by atoms with Crippen LogP contribution in [0.25, 0.3) is 0 Å². The third-order valence-electron chi connectivity index (χ3n) is 4.45. The van der Waals surface area contributed by atoms with E-state index in [4.69, 9.17) is 4.74 Å². The van der Waals surface area contributed by atoms with E-state index in [0.717, 1.165) is 17.3 Å².